The number of hydrogen-bond donors (Lipinski definition) is 2. The maximum absolute atomic E-state index is 12.3. The summed E-state index contributed by atoms with van der Waals surface area (Å²) in [5.74, 6) is -1.08. The first-order chi connectivity index (χ1) is 8.91. The Balaban J connectivity index is 2.32. The molecule has 1 heterocycles. The van der Waals surface area contributed by atoms with Crippen LogP contribution in [0.25, 0.3) is 0 Å². The molecule has 1 aromatic rings. The molecular formula is C14H18N2O3. The van der Waals surface area contributed by atoms with E-state index in [1.807, 2.05) is 13.8 Å². The number of carboxylic acid groups (broad SMARTS) is 1. The summed E-state index contributed by atoms with van der Waals surface area (Å²) in [5.41, 5.74) is 7.75. The molecule has 19 heavy (non-hydrogen) atoms. The highest BCUT2D eigenvalue weighted by molar-refractivity contribution is 6.00. The van der Waals surface area contributed by atoms with E-state index in [0.29, 0.717) is 12.2 Å². The Morgan fingerprint density at radius 3 is 2.63 bits per heavy atom. The molecule has 102 valence electrons. The van der Waals surface area contributed by atoms with Crippen LogP contribution in [0.4, 0.5) is 5.69 Å². The van der Waals surface area contributed by atoms with Crippen LogP contribution in [0.1, 0.15) is 29.8 Å². The molecule has 0 aromatic heterocycles. The fourth-order valence-electron chi connectivity index (χ4n) is 2.21. The third kappa shape index (κ3) is 2.46. The second-order valence-electron chi connectivity index (χ2n) is 5.16. The Hall–Kier alpha value is -1.88. The van der Waals surface area contributed by atoms with E-state index in [9.17, 15) is 9.59 Å². The number of hydrogen-bond acceptors (Lipinski definition) is 3. The standard InChI is InChI=1S/C14H18N2O3/c1-8(2)12(15)13(17)16-6-5-9-3-4-10(14(18)19)7-11(9)16/h3-4,7-8,12H,5-6,15H2,1-2H3,(H,18,19)/t12-/m1/s1. The average molecular weight is 262 g/mol. The first-order valence-corrected chi connectivity index (χ1v) is 6.35. The van der Waals surface area contributed by atoms with Crippen molar-refractivity contribution in [2.45, 2.75) is 26.3 Å². The van der Waals surface area contributed by atoms with Crippen LogP contribution in [0.5, 0.6) is 0 Å². The Bertz CT molecular complexity index is 525. The lowest BCUT2D eigenvalue weighted by atomic mass is 10.0. The van der Waals surface area contributed by atoms with Gasteiger partial charge >= 0.3 is 5.97 Å². The van der Waals surface area contributed by atoms with Gasteiger partial charge in [-0.15, -0.1) is 0 Å². The molecule has 0 spiro atoms. The summed E-state index contributed by atoms with van der Waals surface area (Å²) in [6.45, 7) is 4.36. The zero-order valence-corrected chi connectivity index (χ0v) is 11.1. The van der Waals surface area contributed by atoms with Crippen molar-refractivity contribution in [3.63, 3.8) is 0 Å². The molecule has 0 bridgehead atoms. The van der Waals surface area contributed by atoms with Gasteiger partial charge in [0.05, 0.1) is 11.6 Å². The van der Waals surface area contributed by atoms with Crippen molar-refractivity contribution in [3.05, 3.63) is 29.3 Å². The number of anilines is 1. The molecule has 0 saturated heterocycles. The van der Waals surface area contributed by atoms with E-state index in [0.717, 1.165) is 12.0 Å². The number of carbonyl (C=O) groups is 2. The topological polar surface area (TPSA) is 83.6 Å². The fourth-order valence-corrected chi connectivity index (χ4v) is 2.21. The van der Waals surface area contributed by atoms with Crippen molar-refractivity contribution in [3.8, 4) is 0 Å². The fraction of sp³-hybridized carbons (Fsp3) is 0.429. The van der Waals surface area contributed by atoms with Crippen molar-refractivity contribution in [2.24, 2.45) is 11.7 Å². The van der Waals surface area contributed by atoms with Gasteiger partial charge in [0.25, 0.3) is 0 Å². The number of fused-ring (bicyclic) bond motifs is 1. The Morgan fingerprint density at radius 1 is 1.37 bits per heavy atom. The van der Waals surface area contributed by atoms with E-state index in [1.54, 1.807) is 23.1 Å². The third-order valence-electron chi connectivity index (χ3n) is 3.50. The highest BCUT2D eigenvalue weighted by Gasteiger charge is 2.30. The van der Waals surface area contributed by atoms with Crippen LogP contribution >= 0.6 is 0 Å². The third-order valence-corrected chi connectivity index (χ3v) is 3.50. The van der Waals surface area contributed by atoms with E-state index in [-0.39, 0.29) is 17.4 Å². The predicted octanol–water partition coefficient (Wildman–Crippen LogP) is 1.26. The second kappa shape index (κ2) is 5.01. The number of nitrogens with two attached hydrogens (primary N) is 1. The number of carboxylic acids is 1. The number of aromatic carboxylic acids is 1. The van der Waals surface area contributed by atoms with Crippen LogP contribution in [-0.4, -0.2) is 29.6 Å². The lowest BCUT2D eigenvalue weighted by Crippen LogP contribution is -2.46. The molecule has 3 N–H and O–H groups in total. The summed E-state index contributed by atoms with van der Waals surface area (Å²) in [5, 5.41) is 9.01. The highest BCUT2D eigenvalue weighted by Crippen LogP contribution is 2.30. The maximum Gasteiger partial charge on any atom is 0.335 e. The predicted molar refractivity (Wildman–Crippen MR) is 72.3 cm³/mol. The van der Waals surface area contributed by atoms with Crippen LogP contribution in [0.2, 0.25) is 0 Å². The van der Waals surface area contributed by atoms with Gasteiger partial charge in [-0.25, -0.2) is 4.79 Å². The van der Waals surface area contributed by atoms with Crippen molar-refractivity contribution >= 4 is 17.6 Å². The molecule has 5 nitrogen and oxygen atoms in total. The van der Waals surface area contributed by atoms with E-state index >= 15 is 0 Å². The van der Waals surface area contributed by atoms with Crippen molar-refractivity contribution in [1.82, 2.24) is 0 Å². The van der Waals surface area contributed by atoms with Crippen LogP contribution in [0, 0.1) is 5.92 Å². The highest BCUT2D eigenvalue weighted by atomic mass is 16.4. The number of nitrogens with zero attached hydrogens (tertiary/aromatic N) is 1. The minimum absolute atomic E-state index is 0.0548. The van der Waals surface area contributed by atoms with E-state index in [4.69, 9.17) is 10.8 Å². The summed E-state index contributed by atoms with van der Waals surface area (Å²) in [6.07, 6.45) is 0.742. The molecule has 0 unspecified atom stereocenters. The molecule has 1 aliphatic rings. The Morgan fingerprint density at radius 2 is 2.05 bits per heavy atom. The number of rotatable bonds is 3. The molecule has 0 saturated carbocycles. The number of carbonyl (C=O) groups excluding carboxylic acids is 1. The lowest BCUT2D eigenvalue weighted by Gasteiger charge is -2.23. The average Bonchev–Trinajstić information content (AvgIpc) is 2.79. The molecule has 2 rings (SSSR count). The Labute approximate surface area is 112 Å². The van der Waals surface area contributed by atoms with Gasteiger partial charge in [-0.05, 0) is 30.0 Å². The zero-order valence-electron chi connectivity index (χ0n) is 11.1. The normalized spacial score (nSPS) is 15.5. The van der Waals surface area contributed by atoms with E-state index in [1.165, 1.54) is 0 Å². The van der Waals surface area contributed by atoms with Gasteiger partial charge in [-0.2, -0.15) is 0 Å². The number of amides is 1. The van der Waals surface area contributed by atoms with Gasteiger partial charge in [0, 0.05) is 12.2 Å². The SMILES string of the molecule is CC(C)[C@@H](N)C(=O)N1CCc2ccc(C(=O)O)cc21. The smallest absolute Gasteiger partial charge is 0.335 e. The summed E-state index contributed by atoms with van der Waals surface area (Å²) in [7, 11) is 0. The largest absolute Gasteiger partial charge is 0.478 e. The van der Waals surface area contributed by atoms with Crippen LogP contribution in [-0.2, 0) is 11.2 Å². The molecule has 0 fully saturated rings. The van der Waals surface area contributed by atoms with Gasteiger partial charge in [-0.1, -0.05) is 19.9 Å². The molecule has 1 aliphatic heterocycles. The van der Waals surface area contributed by atoms with Gasteiger partial charge < -0.3 is 15.7 Å². The molecule has 1 atom stereocenters. The van der Waals surface area contributed by atoms with Crippen LogP contribution < -0.4 is 10.6 Å². The minimum atomic E-state index is -0.991. The number of benzene rings is 1. The quantitative estimate of drug-likeness (QED) is 0.859. The Kier molecular flexibility index (Phi) is 3.57. The molecule has 5 heteroatoms. The van der Waals surface area contributed by atoms with E-state index in [2.05, 4.69) is 0 Å². The van der Waals surface area contributed by atoms with Crippen LogP contribution in [0.3, 0.4) is 0 Å². The van der Waals surface area contributed by atoms with Crippen molar-refractivity contribution < 1.29 is 14.7 Å². The molecule has 1 aromatic carbocycles. The zero-order chi connectivity index (χ0) is 14.2. The van der Waals surface area contributed by atoms with E-state index < -0.39 is 12.0 Å². The minimum Gasteiger partial charge on any atom is -0.478 e. The van der Waals surface area contributed by atoms with Gasteiger partial charge in [0.1, 0.15) is 0 Å². The lowest BCUT2D eigenvalue weighted by molar-refractivity contribution is -0.120. The summed E-state index contributed by atoms with van der Waals surface area (Å²) >= 11 is 0. The first kappa shape index (κ1) is 13.5. The van der Waals surface area contributed by atoms with Gasteiger partial charge in [-0.3, -0.25) is 4.79 Å². The summed E-state index contributed by atoms with van der Waals surface area (Å²) in [6, 6.07) is 4.33. The monoisotopic (exact) mass is 262 g/mol. The maximum atomic E-state index is 12.3. The molecular weight excluding hydrogens is 244 g/mol. The summed E-state index contributed by atoms with van der Waals surface area (Å²) in [4.78, 5) is 24.9. The summed E-state index contributed by atoms with van der Waals surface area (Å²) < 4.78 is 0. The van der Waals surface area contributed by atoms with Crippen molar-refractivity contribution in [1.29, 1.82) is 0 Å². The van der Waals surface area contributed by atoms with Gasteiger partial charge in [0.2, 0.25) is 5.91 Å². The molecule has 0 radical (unpaired) electrons. The van der Waals surface area contributed by atoms with Gasteiger partial charge in [0.15, 0.2) is 0 Å². The molecule has 0 aliphatic carbocycles. The molecule has 1 amide bonds. The first-order valence-electron chi connectivity index (χ1n) is 6.35. The van der Waals surface area contributed by atoms with Crippen LogP contribution in [0.15, 0.2) is 18.2 Å². The van der Waals surface area contributed by atoms with Crippen molar-refractivity contribution in [2.75, 3.05) is 11.4 Å². The second-order valence-corrected chi connectivity index (χ2v) is 5.16.